The van der Waals surface area contributed by atoms with Gasteiger partial charge >= 0.3 is 10.4 Å². The fraction of sp³-hybridized carbons (Fsp3) is 0. The first-order valence-corrected chi connectivity index (χ1v) is 6.91. The van der Waals surface area contributed by atoms with Crippen molar-refractivity contribution in [3.05, 3.63) is 42.5 Å². The van der Waals surface area contributed by atoms with Crippen molar-refractivity contribution in [1.29, 1.82) is 0 Å². The van der Waals surface area contributed by atoms with Crippen molar-refractivity contribution < 1.29 is 16.8 Å². The summed E-state index contributed by atoms with van der Waals surface area (Å²) < 4.78 is 33.2. The Bertz CT molecular complexity index is 867. The van der Waals surface area contributed by atoms with E-state index >= 15 is 0 Å². The highest BCUT2D eigenvalue weighted by molar-refractivity contribution is 7.82. The lowest BCUT2D eigenvalue weighted by molar-refractivity contribution is 0.393. The molecule has 0 N–H and O–H groups in total. The quantitative estimate of drug-likeness (QED) is 0.588. The van der Waals surface area contributed by atoms with Crippen LogP contribution in [0.4, 0.5) is 0 Å². The first-order valence-electron chi connectivity index (χ1n) is 5.58. The molecule has 0 fully saturated rings. The van der Waals surface area contributed by atoms with Gasteiger partial charge in [-0.15, -0.1) is 8.42 Å². The van der Waals surface area contributed by atoms with E-state index < -0.39 is 10.4 Å². The number of aromatic nitrogens is 1. The minimum absolute atomic E-state index is 0.185. The summed E-state index contributed by atoms with van der Waals surface area (Å²) in [5.41, 5.74) is 1.36. The van der Waals surface area contributed by atoms with E-state index in [2.05, 4.69) is 4.98 Å². The Balaban J connectivity index is 2.20. The molecule has 4 bridgehead atoms. The lowest BCUT2D eigenvalue weighted by Gasteiger charge is -2.11. The molecule has 0 amide bonds. The Morgan fingerprint density at radius 3 is 1.84 bits per heavy atom. The molecule has 0 saturated carbocycles. The maximum absolute atomic E-state index is 11.7. The van der Waals surface area contributed by atoms with E-state index in [9.17, 15) is 8.42 Å². The van der Waals surface area contributed by atoms with Gasteiger partial charge in [0.25, 0.3) is 0 Å². The first-order chi connectivity index (χ1) is 9.09. The predicted octanol–water partition coefficient (Wildman–Crippen LogP) is 2.40. The molecule has 2 heterocycles. The van der Waals surface area contributed by atoms with Crippen LogP contribution in [0, 0.1) is 0 Å². The second kappa shape index (κ2) is 3.36. The van der Waals surface area contributed by atoms with Gasteiger partial charge in [0.1, 0.15) is 11.5 Å². The van der Waals surface area contributed by atoms with Gasteiger partial charge in [0.05, 0.1) is 11.0 Å². The van der Waals surface area contributed by atoms with Crippen LogP contribution in [0.25, 0.3) is 21.8 Å². The van der Waals surface area contributed by atoms with Crippen molar-refractivity contribution in [2.45, 2.75) is 0 Å². The molecule has 5 nitrogen and oxygen atoms in total. The summed E-state index contributed by atoms with van der Waals surface area (Å²) in [6, 6.07) is 11.8. The minimum Gasteiger partial charge on any atom is -0.353 e. The van der Waals surface area contributed by atoms with E-state index in [0.29, 0.717) is 11.0 Å². The van der Waals surface area contributed by atoms with Crippen LogP contribution in [0.5, 0.6) is 11.5 Å². The number of rotatable bonds is 0. The molecule has 1 aliphatic rings. The maximum atomic E-state index is 11.7. The molecule has 0 aliphatic carbocycles. The summed E-state index contributed by atoms with van der Waals surface area (Å²) >= 11 is 0. The van der Waals surface area contributed by atoms with Gasteiger partial charge in [-0.25, -0.2) is 4.98 Å². The molecular formula is C13H7NO4S. The summed E-state index contributed by atoms with van der Waals surface area (Å²) in [5.74, 6) is 0.369. The van der Waals surface area contributed by atoms with Crippen LogP contribution < -0.4 is 8.37 Å². The van der Waals surface area contributed by atoms with Crippen molar-refractivity contribution in [3.63, 3.8) is 0 Å². The smallest absolute Gasteiger partial charge is 0.353 e. The highest BCUT2D eigenvalue weighted by Gasteiger charge is 2.18. The number of pyridine rings is 1. The minimum atomic E-state index is -4.12. The van der Waals surface area contributed by atoms with E-state index in [-0.39, 0.29) is 11.5 Å². The molecule has 2 aromatic carbocycles. The molecule has 0 saturated heterocycles. The van der Waals surface area contributed by atoms with Gasteiger partial charge in [0.2, 0.25) is 0 Å². The van der Waals surface area contributed by atoms with E-state index in [1.807, 2.05) is 6.07 Å². The van der Waals surface area contributed by atoms with Crippen LogP contribution in [0.3, 0.4) is 0 Å². The molecule has 4 rings (SSSR count). The number of nitrogens with zero attached hydrogens (tertiary/aromatic N) is 1. The van der Waals surface area contributed by atoms with Crippen LogP contribution in [0.1, 0.15) is 0 Å². The van der Waals surface area contributed by atoms with Crippen LogP contribution in [-0.2, 0) is 10.4 Å². The lowest BCUT2D eigenvalue weighted by Crippen LogP contribution is -2.16. The van der Waals surface area contributed by atoms with Crippen molar-refractivity contribution in [2.24, 2.45) is 0 Å². The molecule has 0 radical (unpaired) electrons. The van der Waals surface area contributed by atoms with Crippen molar-refractivity contribution in [3.8, 4) is 11.5 Å². The SMILES string of the molecule is O=S1(=O)Oc2ccc3cc4ccc(cc4nc3c2)O1. The van der Waals surface area contributed by atoms with Crippen molar-refractivity contribution in [2.75, 3.05) is 0 Å². The largest absolute Gasteiger partial charge is 0.500 e. The van der Waals surface area contributed by atoms with Gasteiger partial charge in [-0.3, -0.25) is 0 Å². The first kappa shape index (κ1) is 10.6. The molecule has 0 unspecified atom stereocenters. The Morgan fingerprint density at radius 2 is 1.32 bits per heavy atom. The second-order valence-electron chi connectivity index (χ2n) is 4.27. The van der Waals surface area contributed by atoms with Gasteiger partial charge < -0.3 is 8.37 Å². The van der Waals surface area contributed by atoms with Gasteiger partial charge in [-0.2, -0.15) is 0 Å². The van der Waals surface area contributed by atoms with E-state index in [1.54, 1.807) is 36.4 Å². The zero-order chi connectivity index (χ0) is 13.0. The average molecular weight is 273 g/mol. The van der Waals surface area contributed by atoms with Gasteiger partial charge in [0, 0.05) is 22.9 Å². The molecule has 3 aromatic rings. The fourth-order valence-corrected chi connectivity index (χ4v) is 2.85. The Morgan fingerprint density at radius 1 is 0.789 bits per heavy atom. The summed E-state index contributed by atoms with van der Waals surface area (Å²) in [7, 11) is -4.12. The standard InChI is InChI=1S/C13H7NO4S/c15-19(16)17-10-3-1-8-5-9-2-4-11(18-19)7-13(9)14-12(8)6-10/h1-7H. The van der Waals surface area contributed by atoms with Crippen molar-refractivity contribution in [1.82, 2.24) is 4.98 Å². The third-order valence-corrected chi connectivity index (χ3v) is 3.75. The molecule has 0 spiro atoms. The summed E-state index contributed by atoms with van der Waals surface area (Å²) in [5, 5.41) is 1.85. The zero-order valence-electron chi connectivity index (χ0n) is 9.53. The molecule has 1 aliphatic heterocycles. The zero-order valence-corrected chi connectivity index (χ0v) is 10.3. The van der Waals surface area contributed by atoms with Crippen molar-refractivity contribution >= 4 is 32.2 Å². The summed E-state index contributed by atoms with van der Waals surface area (Å²) in [6.45, 7) is 0. The van der Waals surface area contributed by atoms with Crippen LogP contribution in [0.2, 0.25) is 0 Å². The highest BCUT2D eigenvalue weighted by Crippen LogP contribution is 2.29. The highest BCUT2D eigenvalue weighted by atomic mass is 32.3. The third kappa shape index (κ3) is 1.68. The van der Waals surface area contributed by atoms with E-state index in [4.69, 9.17) is 8.37 Å². The average Bonchev–Trinajstić information content (AvgIpc) is 2.34. The van der Waals surface area contributed by atoms with Crippen LogP contribution in [-0.4, -0.2) is 13.4 Å². The van der Waals surface area contributed by atoms with E-state index in [1.165, 1.54) is 0 Å². The van der Waals surface area contributed by atoms with Gasteiger partial charge in [-0.05, 0) is 30.3 Å². The fourth-order valence-electron chi connectivity index (χ4n) is 2.14. The monoisotopic (exact) mass is 273 g/mol. The Hall–Kier alpha value is -2.34. The van der Waals surface area contributed by atoms with E-state index in [0.717, 1.165) is 10.8 Å². The lowest BCUT2D eigenvalue weighted by atomic mass is 10.1. The molecule has 0 atom stereocenters. The normalized spacial score (nSPS) is 16.0. The molecule has 94 valence electrons. The van der Waals surface area contributed by atoms with Gasteiger partial charge in [-0.1, -0.05) is 0 Å². The second-order valence-corrected chi connectivity index (χ2v) is 5.42. The van der Waals surface area contributed by atoms with Gasteiger partial charge in [0.15, 0.2) is 0 Å². The molecule has 6 heteroatoms. The van der Waals surface area contributed by atoms with Crippen LogP contribution >= 0.6 is 0 Å². The Labute approximate surface area is 108 Å². The maximum Gasteiger partial charge on any atom is 0.500 e. The third-order valence-electron chi connectivity index (χ3n) is 2.95. The molecular weight excluding hydrogens is 266 g/mol. The topological polar surface area (TPSA) is 65.5 Å². The van der Waals surface area contributed by atoms with Crippen LogP contribution in [0.15, 0.2) is 42.5 Å². The number of fused-ring (bicyclic) bond motifs is 2. The number of hydrogen-bond acceptors (Lipinski definition) is 5. The summed E-state index contributed by atoms with van der Waals surface area (Å²) in [4.78, 5) is 4.47. The molecule has 1 aromatic heterocycles. The number of benzene rings is 2. The predicted molar refractivity (Wildman–Crippen MR) is 69.4 cm³/mol. The summed E-state index contributed by atoms with van der Waals surface area (Å²) in [6.07, 6.45) is 0. The molecule has 19 heavy (non-hydrogen) atoms. The Kier molecular flexibility index (Phi) is 1.87. The number of hydrogen-bond donors (Lipinski definition) is 0.